The zero-order chi connectivity index (χ0) is 20.8. The quantitative estimate of drug-likeness (QED) is 0.403. The molecule has 29 heavy (non-hydrogen) atoms. The van der Waals surface area contributed by atoms with Gasteiger partial charge in [0.05, 0.1) is 11.0 Å². The van der Waals surface area contributed by atoms with Crippen molar-refractivity contribution in [1.82, 2.24) is 19.8 Å². The smallest absolute Gasteiger partial charge is 0.0773 e. The number of aromatic nitrogens is 2. The molecule has 0 aliphatic carbocycles. The number of nitrogens with zero attached hydrogens (tertiary/aromatic N) is 4. The third-order valence-corrected chi connectivity index (χ3v) is 5.17. The number of aryl methyl sites for hydroxylation is 1. The first-order chi connectivity index (χ1) is 14.0. The molecule has 0 spiro atoms. The fourth-order valence-electron chi connectivity index (χ4n) is 3.64. The third kappa shape index (κ3) is 5.34. The Kier molecular flexibility index (Phi) is 7.23. The minimum Gasteiger partial charge on any atom is -0.384 e. The number of benzene rings is 1. The Labute approximate surface area is 174 Å². The van der Waals surface area contributed by atoms with Crippen molar-refractivity contribution in [1.29, 1.82) is 0 Å². The number of hydrogen-bond donors (Lipinski definition) is 2. The molecular formula is C23H34N6. The van der Waals surface area contributed by atoms with E-state index in [9.17, 15) is 0 Å². The molecule has 6 nitrogen and oxygen atoms in total. The maximum atomic E-state index is 4.66. The second kappa shape index (κ2) is 9.85. The first kappa shape index (κ1) is 21.3. The molecule has 0 radical (unpaired) electrons. The SMILES string of the molecule is Cc1c2nccc(NCCCN(C)C)c2cc2c(NCCCN(C)C)ccnc12. The van der Waals surface area contributed by atoms with Gasteiger partial charge in [-0.3, -0.25) is 9.97 Å². The van der Waals surface area contributed by atoms with E-state index < -0.39 is 0 Å². The van der Waals surface area contributed by atoms with Crippen LogP contribution in [0.3, 0.4) is 0 Å². The Balaban J connectivity index is 1.90. The number of pyridine rings is 2. The van der Waals surface area contributed by atoms with Crippen LogP contribution in [0.1, 0.15) is 18.4 Å². The van der Waals surface area contributed by atoms with E-state index in [4.69, 9.17) is 0 Å². The summed E-state index contributed by atoms with van der Waals surface area (Å²) in [7, 11) is 8.43. The lowest BCUT2D eigenvalue weighted by Gasteiger charge is -2.16. The Morgan fingerprint density at radius 1 is 0.759 bits per heavy atom. The van der Waals surface area contributed by atoms with Crippen molar-refractivity contribution in [3.05, 3.63) is 36.2 Å². The first-order valence-corrected chi connectivity index (χ1v) is 10.4. The Bertz CT molecular complexity index is 877. The van der Waals surface area contributed by atoms with Gasteiger partial charge in [-0.2, -0.15) is 0 Å². The molecule has 2 heterocycles. The molecule has 0 saturated heterocycles. The monoisotopic (exact) mass is 394 g/mol. The van der Waals surface area contributed by atoms with Crippen molar-refractivity contribution < 1.29 is 0 Å². The first-order valence-electron chi connectivity index (χ1n) is 10.4. The van der Waals surface area contributed by atoms with Crippen LogP contribution in [0.2, 0.25) is 0 Å². The molecular weight excluding hydrogens is 360 g/mol. The van der Waals surface area contributed by atoms with Gasteiger partial charge in [-0.05, 0) is 79.2 Å². The lowest BCUT2D eigenvalue weighted by molar-refractivity contribution is 0.405. The average Bonchev–Trinajstić information content (AvgIpc) is 2.69. The summed E-state index contributed by atoms with van der Waals surface area (Å²) in [5, 5.41) is 9.53. The van der Waals surface area contributed by atoms with Crippen LogP contribution < -0.4 is 10.6 Å². The molecule has 0 saturated carbocycles. The van der Waals surface area contributed by atoms with Crippen LogP contribution >= 0.6 is 0 Å². The van der Waals surface area contributed by atoms with Crippen LogP contribution in [0.15, 0.2) is 30.6 Å². The standard InChI is InChI=1S/C23H34N6/c1-17-22-18(20(8-12-26-22)24-10-6-14-28(2)3)16-19-21(9-13-27-23(17)19)25-11-7-15-29(4)5/h8-9,12-13,16H,6-7,10-11,14-15H2,1-5H3,(H,24,26)(H,25,27). The van der Waals surface area contributed by atoms with Crippen LogP contribution in [0, 0.1) is 6.92 Å². The molecule has 3 aromatic rings. The zero-order valence-corrected chi connectivity index (χ0v) is 18.4. The van der Waals surface area contributed by atoms with E-state index in [1.165, 1.54) is 0 Å². The zero-order valence-electron chi connectivity index (χ0n) is 18.4. The fraction of sp³-hybridized carbons (Fsp3) is 0.478. The molecule has 0 aliphatic heterocycles. The highest BCUT2D eigenvalue weighted by atomic mass is 15.1. The largest absolute Gasteiger partial charge is 0.384 e. The van der Waals surface area contributed by atoms with Gasteiger partial charge in [0.15, 0.2) is 0 Å². The van der Waals surface area contributed by atoms with Crippen molar-refractivity contribution in [3.63, 3.8) is 0 Å². The van der Waals surface area contributed by atoms with E-state index in [2.05, 4.69) is 83.7 Å². The van der Waals surface area contributed by atoms with Crippen molar-refractivity contribution in [3.8, 4) is 0 Å². The van der Waals surface area contributed by atoms with Crippen LogP contribution in [-0.4, -0.2) is 74.1 Å². The topological polar surface area (TPSA) is 56.3 Å². The van der Waals surface area contributed by atoms with Gasteiger partial charge in [-0.1, -0.05) is 0 Å². The Morgan fingerprint density at radius 3 is 1.62 bits per heavy atom. The van der Waals surface area contributed by atoms with Crippen molar-refractivity contribution in [2.24, 2.45) is 0 Å². The van der Waals surface area contributed by atoms with Crippen molar-refractivity contribution >= 4 is 33.2 Å². The van der Waals surface area contributed by atoms with E-state index in [1.54, 1.807) is 0 Å². The van der Waals surface area contributed by atoms with Gasteiger partial charge in [-0.15, -0.1) is 0 Å². The minimum atomic E-state index is 0.942. The number of rotatable bonds is 10. The summed E-state index contributed by atoms with van der Waals surface area (Å²) < 4.78 is 0. The lowest BCUT2D eigenvalue weighted by Crippen LogP contribution is -2.16. The Morgan fingerprint density at radius 2 is 1.21 bits per heavy atom. The molecule has 3 rings (SSSR count). The average molecular weight is 395 g/mol. The predicted molar refractivity (Wildman–Crippen MR) is 125 cm³/mol. The van der Waals surface area contributed by atoms with Crippen LogP contribution in [0.25, 0.3) is 21.8 Å². The van der Waals surface area contributed by atoms with E-state index in [0.717, 1.165) is 77.8 Å². The molecule has 156 valence electrons. The van der Waals surface area contributed by atoms with Crippen molar-refractivity contribution in [2.45, 2.75) is 19.8 Å². The summed E-state index contributed by atoms with van der Waals surface area (Å²) in [6, 6.07) is 6.38. The minimum absolute atomic E-state index is 0.942. The Hall–Kier alpha value is -2.44. The summed E-state index contributed by atoms with van der Waals surface area (Å²) >= 11 is 0. The van der Waals surface area contributed by atoms with Gasteiger partial charge in [0.25, 0.3) is 0 Å². The highest BCUT2D eigenvalue weighted by molar-refractivity contribution is 6.07. The third-order valence-electron chi connectivity index (χ3n) is 5.17. The highest BCUT2D eigenvalue weighted by Crippen LogP contribution is 2.33. The van der Waals surface area contributed by atoms with Crippen LogP contribution in [0.4, 0.5) is 11.4 Å². The molecule has 2 aromatic heterocycles. The van der Waals surface area contributed by atoms with Gasteiger partial charge in [0.1, 0.15) is 0 Å². The summed E-state index contributed by atoms with van der Waals surface area (Å²) in [5.41, 5.74) is 5.45. The van der Waals surface area contributed by atoms with Gasteiger partial charge in [-0.25, -0.2) is 0 Å². The van der Waals surface area contributed by atoms with Crippen molar-refractivity contribution in [2.75, 3.05) is 65.0 Å². The fourth-order valence-corrected chi connectivity index (χ4v) is 3.64. The van der Waals surface area contributed by atoms with E-state index in [-0.39, 0.29) is 0 Å². The second-order valence-corrected chi connectivity index (χ2v) is 8.18. The molecule has 0 bridgehead atoms. The van der Waals surface area contributed by atoms with E-state index in [1.807, 2.05) is 12.4 Å². The maximum absolute atomic E-state index is 4.66. The molecule has 0 unspecified atom stereocenters. The molecule has 1 aromatic carbocycles. The number of hydrogen-bond acceptors (Lipinski definition) is 6. The number of fused-ring (bicyclic) bond motifs is 2. The lowest BCUT2D eigenvalue weighted by atomic mass is 10.0. The summed E-state index contributed by atoms with van der Waals surface area (Å²) in [6.45, 7) is 6.15. The molecule has 6 heteroatoms. The number of nitrogens with one attached hydrogen (secondary N) is 2. The van der Waals surface area contributed by atoms with Gasteiger partial charge in [0, 0.05) is 53.2 Å². The molecule has 2 N–H and O–H groups in total. The van der Waals surface area contributed by atoms with Gasteiger partial charge < -0.3 is 20.4 Å². The van der Waals surface area contributed by atoms with E-state index in [0.29, 0.717) is 0 Å². The molecule has 0 amide bonds. The highest BCUT2D eigenvalue weighted by Gasteiger charge is 2.12. The predicted octanol–water partition coefficient (Wildman–Crippen LogP) is 3.82. The molecule has 0 fully saturated rings. The summed E-state index contributed by atoms with van der Waals surface area (Å²) in [5.74, 6) is 0. The molecule has 0 atom stereocenters. The van der Waals surface area contributed by atoms with Crippen LogP contribution in [-0.2, 0) is 0 Å². The maximum Gasteiger partial charge on any atom is 0.0773 e. The number of anilines is 2. The summed E-state index contributed by atoms with van der Waals surface area (Å²) in [6.07, 6.45) is 5.98. The normalized spacial score (nSPS) is 11.7. The molecule has 0 aliphatic rings. The van der Waals surface area contributed by atoms with Gasteiger partial charge >= 0.3 is 0 Å². The van der Waals surface area contributed by atoms with Gasteiger partial charge in [0.2, 0.25) is 0 Å². The second-order valence-electron chi connectivity index (χ2n) is 8.18. The summed E-state index contributed by atoms with van der Waals surface area (Å²) in [4.78, 5) is 13.7. The van der Waals surface area contributed by atoms with Crippen LogP contribution in [0.5, 0.6) is 0 Å². The van der Waals surface area contributed by atoms with E-state index >= 15 is 0 Å².